The van der Waals surface area contributed by atoms with Crippen molar-refractivity contribution in [3.8, 4) is 0 Å². The number of carboxylic acid groups (broad SMARTS) is 1. The predicted octanol–water partition coefficient (Wildman–Crippen LogP) is 0.181. The van der Waals surface area contributed by atoms with Gasteiger partial charge in [-0.25, -0.2) is 8.42 Å². The first-order chi connectivity index (χ1) is 7.58. The quantitative estimate of drug-likeness (QED) is 0.684. The minimum atomic E-state index is -3.65. The summed E-state index contributed by atoms with van der Waals surface area (Å²) in [5.41, 5.74) is -0.459. The van der Waals surface area contributed by atoms with Crippen molar-refractivity contribution in [3.05, 3.63) is 0 Å². The number of carbonyl (C=O) groups is 2. The highest BCUT2D eigenvalue weighted by atomic mass is 32.2. The SMILES string of the molecule is CCC(C)(C)NC(=O)CS(=O)(=O)CCC(=O)O. The van der Waals surface area contributed by atoms with Gasteiger partial charge in [0.2, 0.25) is 5.91 Å². The summed E-state index contributed by atoms with van der Waals surface area (Å²) in [6, 6.07) is 0. The van der Waals surface area contributed by atoms with Crippen molar-refractivity contribution >= 4 is 21.7 Å². The molecule has 0 radical (unpaired) electrons. The minimum absolute atomic E-state index is 0.459. The Balaban J connectivity index is 4.33. The van der Waals surface area contributed by atoms with Crippen LogP contribution in [-0.4, -0.2) is 42.4 Å². The Hall–Kier alpha value is -1.11. The molecule has 0 aliphatic carbocycles. The largest absolute Gasteiger partial charge is 0.481 e. The van der Waals surface area contributed by atoms with Crippen LogP contribution in [0.1, 0.15) is 33.6 Å². The molecule has 0 rings (SSSR count). The van der Waals surface area contributed by atoms with Crippen molar-refractivity contribution in [2.75, 3.05) is 11.5 Å². The molecule has 17 heavy (non-hydrogen) atoms. The third kappa shape index (κ3) is 7.73. The van der Waals surface area contributed by atoms with Crippen LogP contribution in [0, 0.1) is 0 Å². The highest BCUT2D eigenvalue weighted by Gasteiger charge is 2.23. The van der Waals surface area contributed by atoms with Gasteiger partial charge in [-0.2, -0.15) is 0 Å². The van der Waals surface area contributed by atoms with E-state index in [1.165, 1.54) is 0 Å². The van der Waals surface area contributed by atoms with E-state index in [1.807, 2.05) is 6.92 Å². The Morgan fingerprint density at radius 1 is 1.29 bits per heavy atom. The summed E-state index contributed by atoms with van der Waals surface area (Å²) in [4.78, 5) is 21.7. The zero-order valence-corrected chi connectivity index (χ0v) is 11.1. The zero-order chi connectivity index (χ0) is 13.7. The Morgan fingerprint density at radius 3 is 2.24 bits per heavy atom. The van der Waals surface area contributed by atoms with Crippen LogP contribution in [0.15, 0.2) is 0 Å². The van der Waals surface area contributed by atoms with Gasteiger partial charge in [-0.15, -0.1) is 0 Å². The number of nitrogens with one attached hydrogen (secondary N) is 1. The number of hydrogen-bond acceptors (Lipinski definition) is 4. The first kappa shape index (κ1) is 15.9. The maximum absolute atomic E-state index is 11.4. The zero-order valence-electron chi connectivity index (χ0n) is 10.3. The van der Waals surface area contributed by atoms with Crippen molar-refractivity contribution in [3.63, 3.8) is 0 Å². The number of hydrogen-bond donors (Lipinski definition) is 2. The van der Waals surface area contributed by atoms with E-state index >= 15 is 0 Å². The number of amides is 1. The van der Waals surface area contributed by atoms with Crippen LogP contribution in [0.4, 0.5) is 0 Å². The minimum Gasteiger partial charge on any atom is -0.481 e. The Bertz CT molecular complexity index is 386. The van der Waals surface area contributed by atoms with E-state index < -0.39 is 45.2 Å². The normalized spacial score (nSPS) is 12.2. The molecule has 0 aromatic rings. The number of carboxylic acids is 1. The van der Waals surface area contributed by atoms with Gasteiger partial charge >= 0.3 is 5.97 Å². The average Bonchev–Trinajstić information content (AvgIpc) is 2.13. The molecule has 0 saturated heterocycles. The van der Waals surface area contributed by atoms with Gasteiger partial charge in [-0.1, -0.05) is 6.92 Å². The third-order valence-electron chi connectivity index (χ3n) is 2.34. The van der Waals surface area contributed by atoms with Gasteiger partial charge in [-0.3, -0.25) is 9.59 Å². The fourth-order valence-electron chi connectivity index (χ4n) is 1.02. The number of aliphatic carboxylic acids is 1. The highest BCUT2D eigenvalue weighted by molar-refractivity contribution is 7.92. The van der Waals surface area contributed by atoms with Crippen LogP contribution in [0.3, 0.4) is 0 Å². The lowest BCUT2D eigenvalue weighted by molar-refractivity contribution is -0.136. The van der Waals surface area contributed by atoms with E-state index in [0.29, 0.717) is 6.42 Å². The van der Waals surface area contributed by atoms with Gasteiger partial charge in [0.15, 0.2) is 9.84 Å². The van der Waals surface area contributed by atoms with E-state index in [9.17, 15) is 18.0 Å². The molecule has 1 amide bonds. The molecule has 0 atom stereocenters. The molecule has 2 N–H and O–H groups in total. The van der Waals surface area contributed by atoms with Crippen molar-refractivity contribution in [1.29, 1.82) is 0 Å². The molecule has 0 aliphatic rings. The molecule has 0 saturated carbocycles. The number of sulfone groups is 1. The third-order valence-corrected chi connectivity index (χ3v) is 3.87. The lowest BCUT2D eigenvalue weighted by Crippen LogP contribution is -2.45. The predicted molar refractivity (Wildman–Crippen MR) is 63.4 cm³/mol. The molecular formula is C10H19NO5S. The van der Waals surface area contributed by atoms with Crippen LogP contribution in [-0.2, 0) is 19.4 Å². The maximum Gasteiger partial charge on any atom is 0.304 e. The van der Waals surface area contributed by atoms with Crippen LogP contribution < -0.4 is 5.32 Å². The Morgan fingerprint density at radius 2 is 1.82 bits per heavy atom. The van der Waals surface area contributed by atoms with E-state index in [0.717, 1.165) is 0 Å². The smallest absolute Gasteiger partial charge is 0.304 e. The summed E-state index contributed by atoms with van der Waals surface area (Å²) in [5, 5.41) is 11.0. The second kappa shape index (κ2) is 6.00. The molecule has 0 unspecified atom stereocenters. The molecule has 7 heteroatoms. The van der Waals surface area contributed by atoms with Crippen molar-refractivity contribution in [1.82, 2.24) is 5.32 Å². The topological polar surface area (TPSA) is 101 Å². The molecule has 100 valence electrons. The van der Waals surface area contributed by atoms with E-state index in [-0.39, 0.29) is 0 Å². The van der Waals surface area contributed by atoms with Crippen molar-refractivity contribution < 1.29 is 23.1 Å². The van der Waals surface area contributed by atoms with Crippen molar-refractivity contribution in [2.45, 2.75) is 39.2 Å². The standard InChI is InChI=1S/C10H19NO5S/c1-4-10(2,3)11-8(12)7-17(15,16)6-5-9(13)14/h4-7H2,1-3H3,(H,11,12)(H,13,14). The molecule has 0 bridgehead atoms. The summed E-state index contributed by atoms with van der Waals surface area (Å²) in [5.74, 6) is -2.96. The maximum atomic E-state index is 11.4. The second-order valence-corrected chi connectivity index (χ2v) is 6.71. The summed E-state index contributed by atoms with van der Waals surface area (Å²) >= 11 is 0. The van der Waals surface area contributed by atoms with Gasteiger partial charge in [0.1, 0.15) is 5.75 Å². The lowest BCUT2D eigenvalue weighted by atomic mass is 10.0. The number of rotatable bonds is 7. The molecule has 0 aromatic heterocycles. The second-order valence-electron chi connectivity index (χ2n) is 4.52. The molecular weight excluding hydrogens is 246 g/mol. The summed E-state index contributed by atoms with van der Waals surface area (Å²) < 4.78 is 22.8. The molecule has 0 aliphatic heterocycles. The number of carbonyl (C=O) groups excluding carboxylic acids is 1. The molecule has 6 nitrogen and oxygen atoms in total. The molecule has 0 spiro atoms. The van der Waals surface area contributed by atoms with Gasteiger partial charge in [0, 0.05) is 5.54 Å². The van der Waals surface area contributed by atoms with E-state index in [2.05, 4.69) is 5.32 Å². The van der Waals surface area contributed by atoms with Gasteiger partial charge in [0.05, 0.1) is 12.2 Å². The summed E-state index contributed by atoms with van der Waals surface area (Å²) in [6.07, 6.45) is 0.195. The fraction of sp³-hybridized carbons (Fsp3) is 0.800. The summed E-state index contributed by atoms with van der Waals surface area (Å²) in [6.45, 7) is 5.45. The Kier molecular flexibility index (Phi) is 5.60. The molecule has 0 aromatic carbocycles. The van der Waals surface area contributed by atoms with Crippen LogP contribution in [0.5, 0.6) is 0 Å². The average molecular weight is 265 g/mol. The summed E-state index contributed by atoms with van der Waals surface area (Å²) in [7, 11) is -3.65. The van der Waals surface area contributed by atoms with Gasteiger partial charge in [0.25, 0.3) is 0 Å². The van der Waals surface area contributed by atoms with E-state index in [4.69, 9.17) is 5.11 Å². The van der Waals surface area contributed by atoms with Crippen LogP contribution in [0.25, 0.3) is 0 Å². The van der Waals surface area contributed by atoms with Gasteiger partial charge in [-0.05, 0) is 20.3 Å². The highest BCUT2D eigenvalue weighted by Crippen LogP contribution is 2.07. The first-order valence-electron chi connectivity index (χ1n) is 5.31. The van der Waals surface area contributed by atoms with E-state index in [1.54, 1.807) is 13.8 Å². The first-order valence-corrected chi connectivity index (χ1v) is 7.13. The van der Waals surface area contributed by atoms with Crippen LogP contribution in [0.2, 0.25) is 0 Å². The fourth-order valence-corrected chi connectivity index (χ4v) is 2.12. The Labute approximate surface area is 101 Å². The van der Waals surface area contributed by atoms with Crippen LogP contribution >= 0.6 is 0 Å². The molecule has 0 heterocycles. The monoisotopic (exact) mass is 265 g/mol. The van der Waals surface area contributed by atoms with Gasteiger partial charge < -0.3 is 10.4 Å². The molecule has 0 fully saturated rings. The lowest BCUT2D eigenvalue weighted by Gasteiger charge is -2.24. The van der Waals surface area contributed by atoms with Crippen molar-refractivity contribution in [2.24, 2.45) is 0 Å².